The van der Waals surface area contributed by atoms with E-state index >= 15 is 0 Å². The largest absolute Gasteiger partial charge is 0.465 e. The molecule has 2 aromatic carbocycles. The maximum atomic E-state index is 11.4. The number of hydrogen-bond acceptors (Lipinski definition) is 3. The number of nitrogens with two attached hydrogens (primary N) is 1. The lowest BCUT2D eigenvalue weighted by molar-refractivity contribution is 0.0601. The van der Waals surface area contributed by atoms with E-state index in [0.717, 1.165) is 23.2 Å². The van der Waals surface area contributed by atoms with Gasteiger partial charge in [-0.15, -0.1) is 12.4 Å². The van der Waals surface area contributed by atoms with Crippen LogP contribution in [0.1, 0.15) is 42.1 Å². The second kappa shape index (κ2) is 7.85. The van der Waals surface area contributed by atoms with Crippen LogP contribution in [0, 0.1) is 0 Å². The van der Waals surface area contributed by atoms with E-state index in [1.807, 2.05) is 18.2 Å². The normalized spacial score (nSPS) is 11.4. The third kappa shape index (κ3) is 3.80. The van der Waals surface area contributed by atoms with Gasteiger partial charge in [-0.3, -0.25) is 0 Å². The fraction of sp³-hybridized carbons (Fsp3) is 0.278. The Bertz CT molecular complexity index is 638. The SMILES string of the molecule is CCC(C)c1ccc(-c2ccc(C(=O)OC)cc2)cc1N.Cl. The minimum Gasteiger partial charge on any atom is -0.465 e. The summed E-state index contributed by atoms with van der Waals surface area (Å²) in [6.07, 6.45) is 1.07. The molecule has 2 N–H and O–H groups in total. The number of rotatable bonds is 4. The second-order valence-electron chi connectivity index (χ2n) is 5.22. The van der Waals surface area contributed by atoms with E-state index < -0.39 is 0 Å². The smallest absolute Gasteiger partial charge is 0.337 e. The first-order chi connectivity index (χ1) is 10.1. The van der Waals surface area contributed by atoms with Gasteiger partial charge in [0, 0.05) is 5.69 Å². The van der Waals surface area contributed by atoms with Crippen molar-refractivity contribution in [3.05, 3.63) is 53.6 Å². The van der Waals surface area contributed by atoms with Crippen LogP contribution in [0.5, 0.6) is 0 Å². The highest BCUT2D eigenvalue weighted by Crippen LogP contribution is 2.29. The molecule has 3 nitrogen and oxygen atoms in total. The van der Waals surface area contributed by atoms with Crippen molar-refractivity contribution in [2.45, 2.75) is 26.2 Å². The number of nitrogen functional groups attached to an aromatic ring is 1. The van der Waals surface area contributed by atoms with Gasteiger partial charge < -0.3 is 10.5 Å². The molecule has 0 aromatic heterocycles. The molecule has 0 aliphatic carbocycles. The molecule has 0 radical (unpaired) electrons. The van der Waals surface area contributed by atoms with Gasteiger partial charge >= 0.3 is 5.97 Å². The monoisotopic (exact) mass is 319 g/mol. The third-order valence-electron chi connectivity index (χ3n) is 3.87. The van der Waals surface area contributed by atoms with E-state index in [0.29, 0.717) is 11.5 Å². The van der Waals surface area contributed by atoms with E-state index in [2.05, 4.69) is 26.0 Å². The fourth-order valence-electron chi connectivity index (χ4n) is 2.34. The van der Waals surface area contributed by atoms with Crippen LogP contribution in [-0.4, -0.2) is 13.1 Å². The topological polar surface area (TPSA) is 52.3 Å². The number of carbonyl (C=O) groups excluding carboxylic acids is 1. The molecule has 2 aromatic rings. The first-order valence-corrected chi connectivity index (χ1v) is 7.15. The molecular formula is C18H22ClNO2. The highest BCUT2D eigenvalue weighted by Gasteiger charge is 2.09. The summed E-state index contributed by atoms with van der Waals surface area (Å²) in [5, 5.41) is 0. The molecule has 22 heavy (non-hydrogen) atoms. The first-order valence-electron chi connectivity index (χ1n) is 7.15. The summed E-state index contributed by atoms with van der Waals surface area (Å²) >= 11 is 0. The maximum Gasteiger partial charge on any atom is 0.337 e. The number of benzene rings is 2. The minimum absolute atomic E-state index is 0. The van der Waals surface area contributed by atoms with Crippen molar-refractivity contribution in [1.82, 2.24) is 0 Å². The van der Waals surface area contributed by atoms with Crippen LogP contribution in [0.25, 0.3) is 11.1 Å². The zero-order valence-electron chi connectivity index (χ0n) is 13.1. The first kappa shape index (κ1) is 18.1. The van der Waals surface area contributed by atoms with Crippen molar-refractivity contribution < 1.29 is 9.53 Å². The molecule has 118 valence electrons. The Morgan fingerprint density at radius 2 is 1.73 bits per heavy atom. The molecule has 0 saturated heterocycles. The molecular weight excluding hydrogens is 298 g/mol. The lowest BCUT2D eigenvalue weighted by Crippen LogP contribution is -2.00. The van der Waals surface area contributed by atoms with E-state index in [9.17, 15) is 4.79 Å². The molecule has 1 atom stereocenters. The quantitative estimate of drug-likeness (QED) is 0.658. The van der Waals surface area contributed by atoms with Gasteiger partial charge in [0.1, 0.15) is 0 Å². The Balaban J connectivity index is 0.00000242. The third-order valence-corrected chi connectivity index (χ3v) is 3.87. The van der Waals surface area contributed by atoms with Gasteiger partial charge in [-0.05, 0) is 47.2 Å². The summed E-state index contributed by atoms with van der Waals surface area (Å²) in [4.78, 5) is 11.4. The van der Waals surface area contributed by atoms with Crippen molar-refractivity contribution in [3.8, 4) is 11.1 Å². The van der Waals surface area contributed by atoms with E-state index in [-0.39, 0.29) is 18.4 Å². The van der Waals surface area contributed by atoms with Gasteiger partial charge in [0.25, 0.3) is 0 Å². The average molecular weight is 320 g/mol. The number of carbonyl (C=O) groups is 1. The van der Waals surface area contributed by atoms with Crippen LogP contribution < -0.4 is 5.73 Å². The van der Waals surface area contributed by atoms with Crippen LogP contribution in [-0.2, 0) is 4.74 Å². The second-order valence-corrected chi connectivity index (χ2v) is 5.22. The number of hydrogen-bond donors (Lipinski definition) is 1. The van der Waals surface area contributed by atoms with Crippen LogP contribution in [0.15, 0.2) is 42.5 Å². The molecule has 2 rings (SSSR count). The summed E-state index contributed by atoms with van der Waals surface area (Å²) in [5.41, 5.74) is 10.8. The zero-order chi connectivity index (χ0) is 15.4. The number of methoxy groups -OCH3 is 1. The molecule has 1 unspecified atom stereocenters. The number of ether oxygens (including phenoxy) is 1. The number of anilines is 1. The Morgan fingerprint density at radius 3 is 2.23 bits per heavy atom. The van der Waals surface area contributed by atoms with E-state index in [4.69, 9.17) is 10.5 Å². The fourth-order valence-corrected chi connectivity index (χ4v) is 2.34. The molecule has 0 bridgehead atoms. The van der Waals surface area contributed by atoms with Crippen LogP contribution in [0.3, 0.4) is 0 Å². The van der Waals surface area contributed by atoms with Crippen molar-refractivity contribution in [1.29, 1.82) is 0 Å². The molecule has 0 aliphatic heterocycles. The molecule has 0 fully saturated rings. The molecule has 4 heteroatoms. The maximum absolute atomic E-state index is 11.4. The Labute approximate surface area is 137 Å². The lowest BCUT2D eigenvalue weighted by atomic mass is 9.94. The molecule has 0 spiro atoms. The molecule has 0 heterocycles. The van der Waals surface area contributed by atoms with Gasteiger partial charge in [0.05, 0.1) is 12.7 Å². The predicted octanol–water partition coefficient (Wildman–Crippen LogP) is 4.66. The van der Waals surface area contributed by atoms with Crippen LogP contribution in [0.4, 0.5) is 5.69 Å². The predicted molar refractivity (Wildman–Crippen MR) is 93.6 cm³/mol. The summed E-state index contributed by atoms with van der Waals surface area (Å²) in [6.45, 7) is 4.33. The van der Waals surface area contributed by atoms with Crippen LogP contribution in [0.2, 0.25) is 0 Å². The Kier molecular flexibility index (Phi) is 6.44. The van der Waals surface area contributed by atoms with Crippen LogP contribution >= 0.6 is 12.4 Å². The van der Waals surface area contributed by atoms with Gasteiger partial charge in [-0.1, -0.05) is 38.1 Å². The zero-order valence-corrected chi connectivity index (χ0v) is 13.9. The van der Waals surface area contributed by atoms with Crippen molar-refractivity contribution >= 4 is 24.1 Å². The van der Waals surface area contributed by atoms with Gasteiger partial charge in [0.15, 0.2) is 0 Å². The highest BCUT2D eigenvalue weighted by molar-refractivity contribution is 5.90. The standard InChI is InChI=1S/C18H21NO2.ClH/c1-4-12(2)16-10-9-15(11-17(16)19)13-5-7-14(8-6-13)18(20)21-3;/h5-12H,4,19H2,1-3H3;1H. The lowest BCUT2D eigenvalue weighted by Gasteiger charge is -2.13. The van der Waals surface area contributed by atoms with Crippen molar-refractivity contribution in [2.24, 2.45) is 0 Å². The van der Waals surface area contributed by atoms with E-state index in [1.165, 1.54) is 12.7 Å². The highest BCUT2D eigenvalue weighted by atomic mass is 35.5. The van der Waals surface area contributed by atoms with Crippen molar-refractivity contribution in [2.75, 3.05) is 12.8 Å². The van der Waals surface area contributed by atoms with Gasteiger partial charge in [0.2, 0.25) is 0 Å². The Morgan fingerprint density at radius 1 is 1.14 bits per heavy atom. The van der Waals surface area contributed by atoms with E-state index in [1.54, 1.807) is 12.1 Å². The summed E-state index contributed by atoms with van der Waals surface area (Å²) in [6, 6.07) is 13.5. The average Bonchev–Trinajstić information content (AvgIpc) is 2.53. The van der Waals surface area contributed by atoms with Crippen molar-refractivity contribution in [3.63, 3.8) is 0 Å². The summed E-state index contributed by atoms with van der Waals surface area (Å²) in [5.74, 6) is 0.133. The summed E-state index contributed by atoms with van der Waals surface area (Å²) < 4.78 is 4.70. The van der Waals surface area contributed by atoms with Gasteiger partial charge in [-0.25, -0.2) is 4.79 Å². The number of halogens is 1. The molecule has 0 aliphatic rings. The molecule has 0 amide bonds. The Hall–Kier alpha value is -2.00. The summed E-state index contributed by atoms with van der Waals surface area (Å²) in [7, 11) is 1.38. The minimum atomic E-state index is -0.326. The number of esters is 1. The van der Waals surface area contributed by atoms with Gasteiger partial charge in [-0.2, -0.15) is 0 Å². The molecule has 0 saturated carbocycles.